The van der Waals surface area contributed by atoms with Gasteiger partial charge in [-0.05, 0) is 61.7 Å². The van der Waals surface area contributed by atoms with Gasteiger partial charge in [0.2, 0.25) is 5.89 Å². The van der Waals surface area contributed by atoms with Crippen molar-refractivity contribution in [1.82, 2.24) is 10.1 Å². The molecule has 0 aromatic carbocycles. The van der Waals surface area contributed by atoms with Crippen molar-refractivity contribution in [3.63, 3.8) is 0 Å². The van der Waals surface area contributed by atoms with Crippen LogP contribution in [0.1, 0.15) is 64.1 Å². The van der Waals surface area contributed by atoms with Gasteiger partial charge in [0.05, 0.1) is 6.54 Å². The second-order valence-electron chi connectivity index (χ2n) is 8.04. The Labute approximate surface area is 120 Å². The van der Waals surface area contributed by atoms with Crippen LogP contribution >= 0.6 is 0 Å². The van der Waals surface area contributed by atoms with E-state index >= 15 is 0 Å². The van der Waals surface area contributed by atoms with Gasteiger partial charge in [0, 0.05) is 5.41 Å². The molecule has 5 rings (SSSR count). The highest BCUT2D eigenvalue weighted by atomic mass is 16.5. The Balaban J connectivity index is 1.71. The third kappa shape index (κ3) is 1.63. The van der Waals surface area contributed by atoms with E-state index in [0.717, 1.165) is 23.6 Å². The number of hydrogen-bond acceptors (Lipinski definition) is 4. The van der Waals surface area contributed by atoms with Crippen LogP contribution < -0.4 is 5.73 Å². The molecule has 0 unspecified atom stereocenters. The normalized spacial score (nSPS) is 39.5. The minimum Gasteiger partial charge on any atom is -0.338 e. The van der Waals surface area contributed by atoms with E-state index in [2.05, 4.69) is 24.0 Å². The van der Waals surface area contributed by atoms with Crippen LogP contribution in [0.3, 0.4) is 0 Å². The minimum atomic E-state index is -0.0000694. The lowest BCUT2D eigenvalue weighted by atomic mass is 9.43. The Morgan fingerprint density at radius 3 is 2.15 bits per heavy atom. The van der Waals surface area contributed by atoms with Crippen LogP contribution in [0, 0.1) is 23.2 Å². The molecule has 1 aromatic rings. The molecule has 110 valence electrons. The summed E-state index contributed by atoms with van der Waals surface area (Å²) >= 11 is 0. The number of hydrogen-bond donors (Lipinski definition) is 1. The van der Waals surface area contributed by atoms with Crippen LogP contribution in [0.5, 0.6) is 0 Å². The fourth-order valence-electron chi connectivity index (χ4n) is 5.70. The summed E-state index contributed by atoms with van der Waals surface area (Å²) in [6.07, 6.45) is 8.48. The van der Waals surface area contributed by atoms with Crippen LogP contribution in [0.2, 0.25) is 0 Å². The van der Waals surface area contributed by atoms with Crippen LogP contribution in [0.4, 0.5) is 0 Å². The van der Waals surface area contributed by atoms with Crippen molar-refractivity contribution in [3.8, 4) is 0 Å². The van der Waals surface area contributed by atoms with Gasteiger partial charge < -0.3 is 10.3 Å². The fourth-order valence-corrected chi connectivity index (χ4v) is 5.70. The first kappa shape index (κ1) is 12.8. The molecule has 4 bridgehead atoms. The summed E-state index contributed by atoms with van der Waals surface area (Å²) in [6, 6.07) is 0. The molecule has 1 heterocycles. The summed E-state index contributed by atoms with van der Waals surface area (Å²) in [5.74, 6) is 4.28. The van der Waals surface area contributed by atoms with Gasteiger partial charge in [-0.15, -0.1) is 0 Å². The van der Waals surface area contributed by atoms with Crippen molar-refractivity contribution < 1.29 is 4.52 Å². The van der Waals surface area contributed by atoms with Gasteiger partial charge in [-0.25, -0.2) is 0 Å². The van der Waals surface area contributed by atoms with E-state index in [4.69, 9.17) is 10.3 Å². The topological polar surface area (TPSA) is 64.9 Å². The monoisotopic (exact) mass is 275 g/mol. The predicted octanol–water partition coefficient (Wildman–Crippen LogP) is 3.02. The quantitative estimate of drug-likeness (QED) is 0.921. The highest BCUT2D eigenvalue weighted by Gasteiger charge is 2.58. The third-order valence-corrected chi connectivity index (χ3v) is 6.57. The minimum absolute atomic E-state index is 0.0000694. The number of rotatable bonds is 3. The molecule has 4 saturated carbocycles. The van der Waals surface area contributed by atoms with Gasteiger partial charge in [0.1, 0.15) is 0 Å². The Morgan fingerprint density at radius 2 is 1.70 bits per heavy atom. The summed E-state index contributed by atoms with van der Waals surface area (Å²) < 4.78 is 5.28. The lowest BCUT2D eigenvalue weighted by Gasteiger charge is -2.61. The molecular formula is C16H25N3O. The highest BCUT2D eigenvalue weighted by molar-refractivity contribution is 5.17. The van der Waals surface area contributed by atoms with E-state index in [-0.39, 0.29) is 5.41 Å². The van der Waals surface area contributed by atoms with Gasteiger partial charge in [-0.2, -0.15) is 4.98 Å². The maximum Gasteiger partial charge on any atom is 0.240 e. The molecule has 4 heteroatoms. The molecular weight excluding hydrogens is 250 g/mol. The number of nitrogens with two attached hydrogens (primary N) is 1. The van der Waals surface area contributed by atoms with Crippen molar-refractivity contribution in [1.29, 1.82) is 0 Å². The molecule has 0 aliphatic heterocycles. The van der Waals surface area contributed by atoms with Crippen LogP contribution in [-0.2, 0) is 12.0 Å². The Bertz CT molecular complexity index is 484. The van der Waals surface area contributed by atoms with E-state index in [0.29, 0.717) is 17.9 Å². The lowest BCUT2D eigenvalue weighted by molar-refractivity contribution is -0.0943. The zero-order valence-electron chi connectivity index (χ0n) is 12.6. The summed E-state index contributed by atoms with van der Waals surface area (Å²) in [5, 5.41) is 4.25. The second kappa shape index (κ2) is 4.06. The van der Waals surface area contributed by atoms with E-state index in [1.165, 1.54) is 38.5 Å². The van der Waals surface area contributed by atoms with Crippen molar-refractivity contribution in [3.05, 3.63) is 11.7 Å². The SMILES string of the molecule is CC(C)(c1noc(CN)n1)C12CC3CC(CC(C3)C1)C2. The molecule has 0 radical (unpaired) electrons. The van der Waals surface area contributed by atoms with E-state index < -0.39 is 0 Å². The van der Waals surface area contributed by atoms with E-state index in [1.807, 2.05) is 0 Å². The summed E-state index contributed by atoms with van der Waals surface area (Å²) in [6.45, 7) is 4.99. The van der Waals surface area contributed by atoms with Gasteiger partial charge in [0.25, 0.3) is 0 Å². The molecule has 0 saturated heterocycles. The number of nitrogens with zero attached hydrogens (tertiary/aromatic N) is 2. The first-order valence-electron chi connectivity index (χ1n) is 8.05. The Kier molecular flexibility index (Phi) is 2.60. The van der Waals surface area contributed by atoms with Gasteiger partial charge in [-0.3, -0.25) is 0 Å². The molecule has 20 heavy (non-hydrogen) atoms. The first-order valence-corrected chi connectivity index (χ1v) is 8.05. The maximum atomic E-state index is 5.62. The van der Waals surface area contributed by atoms with Gasteiger partial charge in [0.15, 0.2) is 5.82 Å². The molecule has 0 amide bonds. The molecule has 4 fully saturated rings. The first-order chi connectivity index (χ1) is 9.52. The van der Waals surface area contributed by atoms with Crippen LogP contribution in [0.15, 0.2) is 4.52 Å². The largest absolute Gasteiger partial charge is 0.338 e. The molecule has 0 spiro atoms. The number of aromatic nitrogens is 2. The van der Waals surface area contributed by atoms with Gasteiger partial charge in [-0.1, -0.05) is 19.0 Å². The summed E-state index contributed by atoms with van der Waals surface area (Å²) in [5.41, 5.74) is 6.00. The molecule has 4 nitrogen and oxygen atoms in total. The highest BCUT2D eigenvalue weighted by Crippen LogP contribution is 2.65. The lowest BCUT2D eigenvalue weighted by Crippen LogP contribution is -2.54. The molecule has 2 N–H and O–H groups in total. The van der Waals surface area contributed by atoms with Crippen molar-refractivity contribution in [2.45, 2.75) is 64.3 Å². The fraction of sp³-hybridized carbons (Fsp3) is 0.875. The van der Waals surface area contributed by atoms with Gasteiger partial charge >= 0.3 is 0 Å². The molecule has 1 aromatic heterocycles. The second-order valence-corrected chi connectivity index (χ2v) is 8.04. The standard InChI is InChI=1S/C16H25N3O/c1-15(2,14-18-13(9-17)20-19-14)16-6-10-3-11(7-16)5-12(4-10)8-16/h10-12H,3-9,17H2,1-2H3. The van der Waals surface area contributed by atoms with E-state index in [1.54, 1.807) is 0 Å². The van der Waals surface area contributed by atoms with E-state index in [9.17, 15) is 0 Å². The Morgan fingerprint density at radius 1 is 1.15 bits per heavy atom. The molecule has 0 atom stereocenters. The average molecular weight is 275 g/mol. The summed E-state index contributed by atoms with van der Waals surface area (Å²) in [7, 11) is 0. The maximum absolute atomic E-state index is 5.62. The average Bonchev–Trinajstić information content (AvgIpc) is 2.86. The molecule has 4 aliphatic rings. The smallest absolute Gasteiger partial charge is 0.240 e. The summed E-state index contributed by atoms with van der Waals surface area (Å²) in [4.78, 5) is 4.55. The van der Waals surface area contributed by atoms with Crippen molar-refractivity contribution in [2.24, 2.45) is 28.9 Å². The van der Waals surface area contributed by atoms with Crippen LogP contribution in [-0.4, -0.2) is 10.1 Å². The molecule has 4 aliphatic carbocycles. The van der Waals surface area contributed by atoms with Crippen LogP contribution in [0.25, 0.3) is 0 Å². The Hall–Kier alpha value is -0.900. The van der Waals surface area contributed by atoms with Crippen molar-refractivity contribution >= 4 is 0 Å². The van der Waals surface area contributed by atoms with Crippen molar-refractivity contribution in [2.75, 3.05) is 0 Å². The zero-order chi connectivity index (χ0) is 14.0. The third-order valence-electron chi connectivity index (χ3n) is 6.57. The predicted molar refractivity (Wildman–Crippen MR) is 75.8 cm³/mol. The zero-order valence-corrected chi connectivity index (χ0v) is 12.6.